The molecule has 0 fully saturated rings. The Balaban J connectivity index is 2.57. The number of hydrogen-bond donors (Lipinski definition) is 0. The average Bonchev–Trinajstić information content (AvgIpc) is 2.37. The van der Waals surface area contributed by atoms with Crippen molar-refractivity contribution in [3.63, 3.8) is 0 Å². The van der Waals surface area contributed by atoms with E-state index in [9.17, 15) is 9.59 Å². The smallest absolute Gasteiger partial charge is 0.338 e. The minimum atomic E-state index is -0.358. The van der Waals surface area contributed by atoms with Gasteiger partial charge < -0.3 is 9.47 Å². The van der Waals surface area contributed by atoms with Gasteiger partial charge in [0.2, 0.25) is 0 Å². The standard InChI is InChI=1S/C14H18O4/c1-3-5-13(15)18-12-8-6-11(7-9-12)14(16)17-10-4-2/h6-9H,3-5,10H2,1-2H3. The summed E-state index contributed by atoms with van der Waals surface area (Å²) < 4.78 is 10.1. The van der Waals surface area contributed by atoms with Crippen LogP contribution in [0.2, 0.25) is 0 Å². The first kappa shape index (κ1) is 14.2. The summed E-state index contributed by atoms with van der Waals surface area (Å²) in [6.45, 7) is 4.25. The van der Waals surface area contributed by atoms with Gasteiger partial charge in [0, 0.05) is 6.42 Å². The van der Waals surface area contributed by atoms with Crippen molar-refractivity contribution in [3.8, 4) is 5.75 Å². The summed E-state index contributed by atoms with van der Waals surface area (Å²) >= 11 is 0. The van der Waals surface area contributed by atoms with E-state index in [0.717, 1.165) is 12.8 Å². The molecule has 4 nitrogen and oxygen atoms in total. The highest BCUT2D eigenvalue weighted by Crippen LogP contribution is 2.14. The molecule has 1 aromatic rings. The van der Waals surface area contributed by atoms with Gasteiger partial charge in [-0.2, -0.15) is 0 Å². The van der Waals surface area contributed by atoms with E-state index in [0.29, 0.717) is 24.3 Å². The van der Waals surface area contributed by atoms with Gasteiger partial charge in [0.15, 0.2) is 0 Å². The Bertz CT molecular complexity index is 395. The third-order valence-electron chi connectivity index (χ3n) is 2.21. The fourth-order valence-corrected chi connectivity index (χ4v) is 1.32. The largest absolute Gasteiger partial charge is 0.462 e. The van der Waals surface area contributed by atoms with Crippen molar-refractivity contribution in [2.75, 3.05) is 6.61 Å². The van der Waals surface area contributed by atoms with Crippen molar-refractivity contribution in [3.05, 3.63) is 29.8 Å². The number of ether oxygens (including phenoxy) is 2. The first-order valence-electron chi connectivity index (χ1n) is 6.15. The predicted octanol–water partition coefficient (Wildman–Crippen LogP) is 2.96. The number of rotatable bonds is 6. The van der Waals surface area contributed by atoms with Crippen LogP contribution in [0.4, 0.5) is 0 Å². The fraction of sp³-hybridized carbons (Fsp3) is 0.429. The molecular formula is C14H18O4. The molecule has 0 aliphatic rings. The second-order valence-electron chi connectivity index (χ2n) is 3.88. The molecule has 18 heavy (non-hydrogen) atoms. The minimum Gasteiger partial charge on any atom is -0.462 e. The van der Waals surface area contributed by atoms with E-state index in [1.807, 2.05) is 13.8 Å². The van der Waals surface area contributed by atoms with Gasteiger partial charge in [-0.3, -0.25) is 4.79 Å². The van der Waals surface area contributed by atoms with Crippen LogP contribution in [0.3, 0.4) is 0 Å². The molecule has 0 spiro atoms. The van der Waals surface area contributed by atoms with Gasteiger partial charge in [-0.05, 0) is 37.1 Å². The molecule has 4 heteroatoms. The molecule has 0 unspecified atom stereocenters. The van der Waals surface area contributed by atoms with Gasteiger partial charge in [-0.1, -0.05) is 13.8 Å². The average molecular weight is 250 g/mol. The second kappa shape index (κ2) is 7.48. The Morgan fingerprint density at radius 1 is 1.06 bits per heavy atom. The molecule has 0 atom stereocenters. The Kier molecular flexibility index (Phi) is 5.91. The highest BCUT2D eigenvalue weighted by molar-refractivity contribution is 5.89. The van der Waals surface area contributed by atoms with Crippen molar-refractivity contribution >= 4 is 11.9 Å². The summed E-state index contributed by atoms with van der Waals surface area (Å²) in [7, 11) is 0. The SMILES string of the molecule is CCCOC(=O)c1ccc(OC(=O)CCC)cc1. The summed E-state index contributed by atoms with van der Waals surface area (Å²) in [4.78, 5) is 22.8. The van der Waals surface area contributed by atoms with Crippen molar-refractivity contribution in [2.24, 2.45) is 0 Å². The first-order valence-corrected chi connectivity index (χ1v) is 6.15. The Morgan fingerprint density at radius 2 is 1.72 bits per heavy atom. The molecule has 0 aliphatic carbocycles. The lowest BCUT2D eigenvalue weighted by atomic mass is 10.2. The number of hydrogen-bond acceptors (Lipinski definition) is 4. The Labute approximate surface area is 107 Å². The van der Waals surface area contributed by atoms with Crippen LogP contribution in [-0.2, 0) is 9.53 Å². The van der Waals surface area contributed by atoms with Crippen LogP contribution in [0, 0.1) is 0 Å². The molecular weight excluding hydrogens is 232 g/mol. The predicted molar refractivity (Wildman–Crippen MR) is 67.6 cm³/mol. The molecule has 0 bridgehead atoms. The third-order valence-corrected chi connectivity index (χ3v) is 2.21. The number of carbonyl (C=O) groups excluding carboxylic acids is 2. The van der Waals surface area contributed by atoms with Gasteiger partial charge in [-0.25, -0.2) is 4.79 Å². The summed E-state index contributed by atoms with van der Waals surface area (Å²) in [6, 6.07) is 6.37. The van der Waals surface area contributed by atoms with E-state index in [1.54, 1.807) is 24.3 Å². The summed E-state index contributed by atoms with van der Waals surface area (Å²) in [5, 5.41) is 0. The zero-order valence-electron chi connectivity index (χ0n) is 10.8. The lowest BCUT2D eigenvalue weighted by molar-refractivity contribution is -0.134. The lowest BCUT2D eigenvalue weighted by Crippen LogP contribution is -2.08. The van der Waals surface area contributed by atoms with E-state index in [2.05, 4.69) is 0 Å². The molecule has 1 rings (SSSR count). The van der Waals surface area contributed by atoms with Crippen LogP contribution in [0.15, 0.2) is 24.3 Å². The lowest BCUT2D eigenvalue weighted by Gasteiger charge is -2.05. The zero-order valence-corrected chi connectivity index (χ0v) is 10.8. The number of esters is 2. The normalized spacial score (nSPS) is 9.89. The maximum atomic E-state index is 11.5. The third kappa shape index (κ3) is 4.57. The quantitative estimate of drug-likeness (QED) is 0.575. The van der Waals surface area contributed by atoms with E-state index >= 15 is 0 Å². The van der Waals surface area contributed by atoms with Crippen LogP contribution in [0.1, 0.15) is 43.5 Å². The van der Waals surface area contributed by atoms with Crippen molar-refractivity contribution in [2.45, 2.75) is 33.1 Å². The van der Waals surface area contributed by atoms with Crippen LogP contribution in [-0.4, -0.2) is 18.5 Å². The monoisotopic (exact) mass is 250 g/mol. The van der Waals surface area contributed by atoms with Crippen molar-refractivity contribution in [1.82, 2.24) is 0 Å². The second-order valence-corrected chi connectivity index (χ2v) is 3.88. The summed E-state index contributed by atoms with van der Waals surface area (Å²) in [5.74, 6) is -0.178. The maximum Gasteiger partial charge on any atom is 0.338 e. The summed E-state index contributed by atoms with van der Waals surface area (Å²) in [5.41, 5.74) is 0.457. The zero-order chi connectivity index (χ0) is 13.4. The molecule has 1 aromatic carbocycles. The van der Waals surface area contributed by atoms with E-state index in [-0.39, 0.29) is 11.9 Å². The molecule has 0 heterocycles. The molecule has 0 amide bonds. The molecule has 0 radical (unpaired) electrons. The number of carbonyl (C=O) groups is 2. The van der Waals surface area contributed by atoms with Crippen molar-refractivity contribution < 1.29 is 19.1 Å². The van der Waals surface area contributed by atoms with E-state index in [1.165, 1.54) is 0 Å². The van der Waals surface area contributed by atoms with Crippen LogP contribution < -0.4 is 4.74 Å². The van der Waals surface area contributed by atoms with Gasteiger partial charge in [0.25, 0.3) is 0 Å². The maximum absolute atomic E-state index is 11.5. The topological polar surface area (TPSA) is 52.6 Å². The van der Waals surface area contributed by atoms with Gasteiger partial charge in [-0.15, -0.1) is 0 Å². The molecule has 0 saturated heterocycles. The Morgan fingerprint density at radius 3 is 2.28 bits per heavy atom. The molecule has 0 N–H and O–H groups in total. The molecule has 0 aliphatic heterocycles. The highest BCUT2D eigenvalue weighted by Gasteiger charge is 2.08. The number of benzene rings is 1. The van der Waals surface area contributed by atoms with E-state index < -0.39 is 0 Å². The Hall–Kier alpha value is -1.84. The van der Waals surface area contributed by atoms with Gasteiger partial charge >= 0.3 is 11.9 Å². The molecule has 0 saturated carbocycles. The van der Waals surface area contributed by atoms with Crippen molar-refractivity contribution in [1.29, 1.82) is 0 Å². The van der Waals surface area contributed by atoms with E-state index in [4.69, 9.17) is 9.47 Å². The van der Waals surface area contributed by atoms with Crippen LogP contribution in [0.25, 0.3) is 0 Å². The van der Waals surface area contributed by atoms with Gasteiger partial charge in [0.05, 0.1) is 12.2 Å². The fourth-order valence-electron chi connectivity index (χ4n) is 1.32. The van der Waals surface area contributed by atoms with Crippen LogP contribution >= 0.6 is 0 Å². The minimum absolute atomic E-state index is 0.265. The molecule has 98 valence electrons. The van der Waals surface area contributed by atoms with Crippen LogP contribution in [0.5, 0.6) is 5.75 Å². The molecule has 0 aromatic heterocycles. The highest BCUT2D eigenvalue weighted by atomic mass is 16.5. The summed E-state index contributed by atoms with van der Waals surface area (Å²) in [6.07, 6.45) is 1.93. The van der Waals surface area contributed by atoms with Gasteiger partial charge in [0.1, 0.15) is 5.75 Å². The first-order chi connectivity index (χ1) is 8.67.